The van der Waals surface area contributed by atoms with E-state index in [4.69, 9.17) is 18.9 Å². The van der Waals surface area contributed by atoms with Crippen molar-refractivity contribution >= 4 is 17.9 Å². The van der Waals surface area contributed by atoms with Crippen LogP contribution in [0, 0.1) is 16.7 Å². The molecule has 9 heteroatoms. The zero-order chi connectivity index (χ0) is 38.9. The first-order chi connectivity index (χ1) is 24.7. The number of para-hydroxylation sites is 1. The molecule has 0 saturated heterocycles. The van der Waals surface area contributed by atoms with E-state index in [1.165, 1.54) is 0 Å². The molecular formula is C43H76N2O7. The highest BCUT2D eigenvalue weighted by molar-refractivity contribution is 5.76. The Morgan fingerprint density at radius 1 is 0.654 bits per heavy atom. The molecule has 52 heavy (non-hydrogen) atoms. The Balaban J connectivity index is 2.71. The van der Waals surface area contributed by atoms with Gasteiger partial charge in [0.05, 0.1) is 16.7 Å². The van der Waals surface area contributed by atoms with Crippen molar-refractivity contribution in [3.63, 3.8) is 0 Å². The summed E-state index contributed by atoms with van der Waals surface area (Å²) in [5, 5.41) is 3.38. The normalized spacial score (nSPS) is 14.7. The summed E-state index contributed by atoms with van der Waals surface area (Å²) in [5.74, 6) is 0.182. The first kappa shape index (κ1) is 47.4. The molecule has 1 N–H and O–H groups in total. The molecule has 1 aromatic carbocycles. The van der Waals surface area contributed by atoms with Crippen LogP contribution in [0.4, 0.5) is 0 Å². The summed E-state index contributed by atoms with van der Waals surface area (Å²) in [6.07, 6.45) is 13.1. The van der Waals surface area contributed by atoms with Gasteiger partial charge in [0.1, 0.15) is 32.2 Å². The summed E-state index contributed by atoms with van der Waals surface area (Å²) in [7, 11) is 3.94. The van der Waals surface area contributed by atoms with Gasteiger partial charge < -0.3 is 29.2 Å². The van der Waals surface area contributed by atoms with E-state index in [1.54, 1.807) is 0 Å². The fourth-order valence-electron chi connectivity index (χ4n) is 6.50. The number of hydrogen-bond donors (Lipinski definition) is 1. The number of carbonyl (C=O) groups is 3. The second-order valence-electron chi connectivity index (χ2n) is 16.5. The van der Waals surface area contributed by atoms with Gasteiger partial charge in [0.15, 0.2) is 0 Å². The summed E-state index contributed by atoms with van der Waals surface area (Å²) in [6, 6.07) is 9.53. The number of rotatable bonds is 30. The lowest BCUT2D eigenvalue weighted by molar-refractivity contribution is -0.157. The first-order valence-electron chi connectivity index (χ1n) is 20.2. The maximum atomic E-state index is 13.3. The number of carbonyl (C=O) groups excluding carboxylic acids is 3. The van der Waals surface area contributed by atoms with Crippen LogP contribution in [-0.4, -0.2) is 82.0 Å². The fraction of sp³-hybridized carbons (Fsp3) is 0.791. The molecule has 0 heterocycles. The Kier molecular flexibility index (Phi) is 23.8. The smallest absolute Gasteiger partial charge is 0.311 e. The number of esters is 3. The van der Waals surface area contributed by atoms with Crippen molar-refractivity contribution in [1.82, 2.24) is 10.2 Å². The van der Waals surface area contributed by atoms with Crippen LogP contribution in [0.25, 0.3) is 0 Å². The lowest BCUT2D eigenvalue weighted by Gasteiger charge is -2.28. The van der Waals surface area contributed by atoms with Gasteiger partial charge in [-0.3, -0.25) is 14.4 Å². The molecule has 9 nitrogen and oxygen atoms in total. The number of likely N-dealkylation sites (N-methyl/N-ethyl adjacent to an activating group) is 1. The molecule has 0 radical (unpaired) electrons. The monoisotopic (exact) mass is 733 g/mol. The molecule has 0 spiro atoms. The van der Waals surface area contributed by atoms with Crippen LogP contribution in [0.2, 0.25) is 0 Å². The van der Waals surface area contributed by atoms with Crippen LogP contribution in [0.1, 0.15) is 145 Å². The van der Waals surface area contributed by atoms with E-state index in [9.17, 15) is 14.4 Å². The first-order valence-corrected chi connectivity index (χ1v) is 20.2. The van der Waals surface area contributed by atoms with E-state index < -0.39 is 10.8 Å². The van der Waals surface area contributed by atoms with E-state index >= 15 is 0 Å². The topological polar surface area (TPSA) is 103 Å². The second kappa shape index (κ2) is 26.2. The standard InChI is InChI=1S/C43H76N2O7/c1-10-12-27-43(7,40(48)51-32-30-44-41(3,4)5)29-21-15-17-23-36(38(46)50-35-34-49-37-24-18-13-19-25-37)22-16-14-20-28-42(6,26-11-2)39(47)52-33-31-45(8)9/h13,18-19,24-25,36,44H,10-12,14-17,20-23,26-35H2,1-9H3. The highest BCUT2D eigenvalue weighted by atomic mass is 16.6. The molecule has 0 saturated carbocycles. The summed E-state index contributed by atoms with van der Waals surface area (Å²) in [4.78, 5) is 41.5. The molecule has 0 aliphatic heterocycles. The Bertz CT molecular complexity index is 1110. The van der Waals surface area contributed by atoms with Crippen molar-refractivity contribution < 1.29 is 33.3 Å². The van der Waals surface area contributed by atoms with Gasteiger partial charge in [-0.15, -0.1) is 0 Å². The van der Waals surface area contributed by atoms with Crippen LogP contribution in [0.5, 0.6) is 5.75 Å². The van der Waals surface area contributed by atoms with Crippen molar-refractivity contribution in [1.29, 1.82) is 0 Å². The van der Waals surface area contributed by atoms with Crippen molar-refractivity contribution in [2.75, 3.05) is 53.6 Å². The highest BCUT2D eigenvalue weighted by Gasteiger charge is 2.35. The third kappa shape index (κ3) is 21.2. The Morgan fingerprint density at radius 3 is 1.75 bits per heavy atom. The summed E-state index contributed by atoms with van der Waals surface area (Å²) in [5.41, 5.74) is -1.01. The van der Waals surface area contributed by atoms with Gasteiger partial charge in [-0.25, -0.2) is 0 Å². The zero-order valence-electron chi connectivity index (χ0n) is 34.6. The number of benzene rings is 1. The molecule has 3 atom stereocenters. The average molecular weight is 733 g/mol. The predicted octanol–water partition coefficient (Wildman–Crippen LogP) is 9.16. The van der Waals surface area contributed by atoms with E-state index in [1.807, 2.05) is 56.3 Å². The lowest BCUT2D eigenvalue weighted by Crippen LogP contribution is -2.39. The third-order valence-electron chi connectivity index (χ3n) is 9.87. The average Bonchev–Trinajstić information content (AvgIpc) is 3.09. The largest absolute Gasteiger partial charge is 0.490 e. The molecule has 0 amide bonds. The minimum atomic E-state index is -0.500. The molecule has 0 aliphatic carbocycles. The molecule has 3 unspecified atom stereocenters. The quantitative estimate of drug-likeness (QED) is 0.0471. The third-order valence-corrected chi connectivity index (χ3v) is 9.87. The maximum Gasteiger partial charge on any atom is 0.311 e. The van der Waals surface area contributed by atoms with Crippen LogP contribution in [0.3, 0.4) is 0 Å². The van der Waals surface area contributed by atoms with Gasteiger partial charge in [0.25, 0.3) is 0 Å². The molecule has 0 bridgehead atoms. The number of hydrogen-bond acceptors (Lipinski definition) is 9. The van der Waals surface area contributed by atoms with Gasteiger partial charge in [-0.1, -0.05) is 89.8 Å². The molecule has 0 aliphatic rings. The SMILES string of the molecule is CCCCC(C)(CCCCCC(CCCCCC(C)(CCC)C(=O)OCCN(C)C)C(=O)OCCOc1ccccc1)C(=O)OCCNC(C)(C)C. The van der Waals surface area contributed by atoms with E-state index in [0.29, 0.717) is 32.9 Å². The predicted molar refractivity (Wildman–Crippen MR) is 211 cm³/mol. The summed E-state index contributed by atoms with van der Waals surface area (Å²) in [6.45, 7) is 17.3. The van der Waals surface area contributed by atoms with Crippen molar-refractivity contribution in [2.45, 2.75) is 150 Å². The van der Waals surface area contributed by atoms with Gasteiger partial charge in [-0.2, -0.15) is 0 Å². The van der Waals surface area contributed by atoms with Crippen LogP contribution in [0.15, 0.2) is 30.3 Å². The van der Waals surface area contributed by atoms with Gasteiger partial charge >= 0.3 is 17.9 Å². The fourth-order valence-corrected chi connectivity index (χ4v) is 6.50. The molecule has 0 aromatic heterocycles. The van der Waals surface area contributed by atoms with E-state index in [-0.39, 0.29) is 36.0 Å². The maximum absolute atomic E-state index is 13.3. The number of nitrogens with zero attached hydrogens (tertiary/aromatic N) is 1. The van der Waals surface area contributed by atoms with Crippen molar-refractivity contribution in [3.05, 3.63) is 30.3 Å². The Hall–Kier alpha value is -2.65. The minimum Gasteiger partial charge on any atom is -0.490 e. The lowest BCUT2D eigenvalue weighted by atomic mass is 9.79. The number of unbranched alkanes of at least 4 members (excludes halogenated alkanes) is 5. The Morgan fingerprint density at radius 2 is 1.21 bits per heavy atom. The molecule has 300 valence electrons. The zero-order valence-corrected chi connectivity index (χ0v) is 34.6. The van der Waals surface area contributed by atoms with E-state index in [0.717, 1.165) is 102 Å². The summed E-state index contributed by atoms with van der Waals surface area (Å²) < 4.78 is 22.8. The second-order valence-corrected chi connectivity index (χ2v) is 16.5. The van der Waals surface area contributed by atoms with Gasteiger partial charge in [-0.05, 0) is 99.4 Å². The summed E-state index contributed by atoms with van der Waals surface area (Å²) >= 11 is 0. The van der Waals surface area contributed by atoms with Crippen LogP contribution in [-0.2, 0) is 28.6 Å². The highest BCUT2D eigenvalue weighted by Crippen LogP contribution is 2.34. The molecule has 1 rings (SSSR count). The molecular weight excluding hydrogens is 656 g/mol. The van der Waals surface area contributed by atoms with Gasteiger partial charge in [0, 0.05) is 18.6 Å². The van der Waals surface area contributed by atoms with Gasteiger partial charge in [0.2, 0.25) is 0 Å². The van der Waals surface area contributed by atoms with Crippen LogP contribution >= 0.6 is 0 Å². The Labute approximate surface area is 317 Å². The van der Waals surface area contributed by atoms with Crippen molar-refractivity contribution in [3.8, 4) is 5.75 Å². The van der Waals surface area contributed by atoms with E-state index in [2.05, 4.69) is 46.9 Å². The number of ether oxygens (including phenoxy) is 4. The van der Waals surface area contributed by atoms with Crippen LogP contribution < -0.4 is 10.1 Å². The molecule has 0 fully saturated rings. The number of nitrogens with one attached hydrogen (secondary N) is 1. The van der Waals surface area contributed by atoms with Crippen molar-refractivity contribution in [2.24, 2.45) is 16.7 Å². The minimum absolute atomic E-state index is 0.0183. The molecule has 1 aromatic rings.